The average Bonchev–Trinajstić information content (AvgIpc) is 3.16. The highest BCUT2D eigenvalue weighted by molar-refractivity contribution is 5.97. The van der Waals surface area contributed by atoms with Crippen LogP contribution in [-0.4, -0.2) is 44.8 Å². The fourth-order valence-corrected chi connectivity index (χ4v) is 2.49. The number of carbonyl (C=O) groups is 2. The maximum Gasteiger partial charge on any atom is 0.250 e. The fraction of sp³-hybridized carbons (Fsp3) is 0.158. The van der Waals surface area contributed by atoms with Gasteiger partial charge in [-0.1, -0.05) is 30.3 Å². The Balaban J connectivity index is 1.59. The molecular weight excluding hydrogens is 346 g/mol. The van der Waals surface area contributed by atoms with Crippen LogP contribution in [0.1, 0.15) is 5.56 Å². The summed E-state index contributed by atoms with van der Waals surface area (Å²) in [6.07, 6.45) is 3.26. The van der Waals surface area contributed by atoms with Crippen molar-refractivity contribution in [3.63, 3.8) is 0 Å². The number of anilines is 1. The van der Waals surface area contributed by atoms with E-state index in [1.807, 2.05) is 30.3 Å². The van der Waals surface area contributed by atoms with E-state index >= 15 is 0 Å². The molecule has 0 aliphatic heterocycles. The van der Waals surface area contributed by atoms with Crippen LogP contribution in [0.15, 0.2) is 60.9 Å². The normalized spacial score (nSPS) is 11.6. The van der Waals surface area contributed by atoms with Crippen molar-refractivity contribution in [2.45, 2.75) is 12.5 Å². The van der Waals surface area contributed by atoms with Crippen molar-refractivity contribution in [1.29, 1.82) is 0 Å². The Hall–Kier alpha value is -3.52. The molecule has 8 nitrogen and oxygen atoms in total. The van der Waals surface area contributed by atoms with Gasteiger partial charge in [0.1, 0.15) is 6.04 Å². The fourth-order valence-electron chi connectivity index (χ4n) is 2.49. The molecule has 0 saturated carbocycles. The standard InChI is InChI=1S/C19H19N5O3/c25-12-16(21-18(26)10-13-6-8-20-9-7-13)19(27)22-17-11-15(23-24-17)14-4-2-1-3-5-14/h1-9,11,16,25H,10,12H2,(H,21,26)(H2,22,23,24,27)/t16-/m0/s1. The number of benzene rings is 1. The third kappa shape index (κ3) is 4.99. The van der Waals surface area contributed by atoms with E-state index in [0.29, 0.717) is 5.82 Å². The van der Waals surface area contributed by atoms with E-state index in [1.54, 1.807) is 30.6 Å². The summed E-state index contributed by atoms with van der Waals surface area (Å²) in [5.41, 5.74) is 2.43. The lowest BCUT2D eigenvalue weighted by molar-refractivity contribution is -0.126. The van der Waals surface area contributed by atoms with Gasteiger partial charge in [0, 0.05) is 18.5 Å². The predicted octanol–water partition coefficient (Wildman–Crippen LogP) is 1.13. The van der Waals surface area contributed by atoms with Gasteiger partial charge < -0.3 is 15.7 Å². The summed E-state index contributed by atoms with van der Waals surface area (Å²) in [5, 5.41) is 21.4. The number of nitrogens with one attached hydrogen (secondary N) is 3. The van der Waals surface area contributed by atoms with Crippen LogP contribution in [0.2, 0.25) is 0 Å². The molecule has 27 heavy (non-hydrogen) atoms. The van der Waals surface area contributed by atoms with Gasteiger partial charge in [0.25, 0.3) is 5.91 Å². The lowest BCUT2D eigenvalue weighted by Gasteiger charge is -2.15. The number of carbonyl (C=O) groups excluding carboxylic acids is 2. The monoisotopic (exact) mass is 365 g/mol. The topological polar surface area (TPSA) is 120 Å². The minimum Gasteiger partial charge on any atom is -0.394 e. The molecule has 2 aromatic heterocycles. The van der Waals surface area contributed by atoms with Gasteiger partial charge in [-0.25, -0.2) is 0 Å². The Morgan fingerprint density at radius 2 is 1.85 bits per heavy atom. The van der Waals surface area contributed by atoms with Crippen LogP contribution in [0.5, 0.6) is 0 Å². The first kappa shape index (κ1) is 18.3. The van der Waals surface area contributed by atoms with Crippen LogP contribution in [0.4, 0.5) is 5.82 Å². The molecule has 0 bridgehead atoms. The van der Waals surface area contributed by atoms with Crippen molar-refractivity contribution in [2.24, 2.45) is 0 Å². The molecule has 2 heterocycles. The summed E-state index contributed by atoms with van der Waals surface area (Å²) in [4.78, 5) is 28.3. The van der Waals surface area contributed by atoms with Crippen molar-refractivity contribution in [2.75, 3.05) is 11.9 Å². The molecule has 138 valence electrons. The molecule has 0 unspecified atom stereocenters. The Bertz CT molecular complexity index is 896. The number of hydrogen-bond donors (Lipinski definition) is 4. The number of H-pyrrole nitrogens is 1. The molecule has 0 aliphatic rings. The number of aromatic nitrogens is 3. The Morgan fingerprint density at radius 1 is 1.11 bits per heavy atom. The molecule has 1 atom stereocenters. The third-order valence-corrected chi connectivity index (χ3v) is 3.86. The van der Waals surface area contributed by atoms with E-state index < -0.39 is 18.6 Å². The summed E-state index contributed by atoms with van der Waals surface area (Å²) in [7, 11) is 0. The van der Waals surface area contributed by atoms with E-state index in [4.69, 9.17) is 0 Å². The number of nitrogens with zero attached hydrogens (tertiary/aromatic N) is 2. The highest BCUT2D eigenvalue weighted by Gasteiger charge is 2.21. The quantitative estimate of drug-likeness (QED) is 0.500. The van der Waals surface area contributed by atoms with Gasteiger partial charge >= 0.3 is 0 Å². The molecule has 8 heteroatoms. The minimum absolute atomic E-state index is 0.0901. The van der Waals surface area contributed by atoms with Crippen LogP contribution >= 0.6 is 0 Å². The summed E-state index contributed by atoms with van der Waals surface area (Å²) in [6, 6.07) is 13.6. The number of aliphatic hydroxyl groups is 1. The second kappa shape index (κ2) is 8.72. The summed E-state index contributed by atoms with van der Waals surface area (Å²) < 4.78 is 0. The highest BCUT2D eigenvalue weighted by atomic mass is 16.3. The van der Waals surface area contributed by atoms with Crippen molar-refractivity contribution in [3.8, 4) is 11.3 Å². The maximum absolute atomic E-state index is 12.3. The van der Waals surface area contributed by atoms with E-state index in [9.17, 15) is 14.7 Å². The lowest BCUT2D eigenvalue weighted by Crippen LogP contribution is -2.46. The van der Waals surface area contributed by atoms with E-state index in [-0.39, 0.29) is 12.3 Å². The smallest absolute Gasteiger partial charge is 0.250 e. The Labute approximate surface area is 155 Å². The first-order chi connectivity index (χ1) is 13.2. The van der Waals surface area contributed by atoms with Crippen LogP contribution in [0.25, 0.3) is 11.3 Å². The number of amides is 2. The van der Waals surface area contributed by atoms with Gasteiger partial charge in [-0.15, -0.1) is 0 Å². The predicted molar refractivity (Wildman–Crippen MR) is 99.6 cm³/mol. The number of aromatic amines is 1. The molecule has 0 fully saturated rings. The third-order valence-electron chi connectivity index (χ3n) is 3.86. The zero-order valence-electron chi connectivity index (χ0n) is 14.4. The lowest BCUT2D eigenvalue weighted by atomic mass is 10.1. The second-order valence-corrected chi connectivity index (χ2v) is 5.86. The first-order valence-electron chi connectivity index (χ1n) is 8.36. The molecule has 0 radical (unpaired) electrons. The molecule has 3 rings (SSSR count). The van der Waals surface area contributed by atoms with Crippen molar-refractivity contribution >= 4 is 17.6 Å². The number of pyridine rings is 1. The van der Waals surface area contributed by atoms with E-state index in [0.717, 1.165) is 16.8 Å². The van der Waals surface area contributed by atoms with Crippen LogP contribution in [0, 0.1) is 0 Å². The second-order valence-electron chi connectivity index (χ2n) is 5.86. The molecule has 3 aromatic rings. The summed E-state index contributed by atoms with van der Waals surface area (Å²) >= 11 is 0. The van der Waals surface area contributed by atoms with Crippen LogP contribution < -0.4 is 10.6 Å². The molecule has 1 aromatic carbocycles. The van der Waals surface area contributed by atoms with Gasteiger partial charge in [0.15, 0.2) is 5.82 Å². The number of hydrogen-bond acceptors (Lipinski definition) is 5. The molecule has 2 amide bonds. The maximum atomic E-state index is 12.3. The zero-order chi connectivity index (χ0) is 19.1. The van der Waals surface area contributed by atoms with Crippen molar-refractivity contribution in [1.82, 2.24) is 20.5 Å². The van der Waals surface area contributed by atoms with Crippen molar-refractivity contribution in [3.05, 3.63) is 66.5 Å². The van der Waals surface area contributed by atoms with Crippen LogP contribution in [0.3, 0.4) is 0 Å². The van der Waals surface area contributed by atoms with E-state index in [1.165, 1.54) is 0 Å². The van der Waals surface area contributed by atoms with Gasteiger partial charge in [-0.3, -0.25) is 19.7 Å². The molecular formula is C19H19N5O3. The highest BCUT2D eigenvalue weighted by Crippen LogP contribution is 2.19. The summed E-state index contributed by atoms with van der Waals surface area (Å²) in [6.45, 7) is -0.524. The zero-order valence-corrected chi connectivity index (χ0v) is 14.4. The summed E-state index contributed by atoms with van der Waals surface area (Å²) in [5.74, 6) is -0.616. The minimum atomic E-state index is -1.07. The SMILES string of the molecule is O=C(Cc1ccncc1)N[C@@H](CO)C(=O)Nc1cc(-c2ccccc2)[nH]n1. The molecule has 4 N–H and O–H groups in total. The average molecular weight is 365 g/mol. The number of rotatable bonds is 7. The molecule has 0 aliphatic carbocycles. The van der Waals surface area contributed by atoms with Gasteiger partial charge in [-0.05, 0) is 23.3 Å². The van der Waals surface area contributed by atoms with Crippen molar-refractivity contribution < 1.29 is 14.7 Å². The van der Waals surface area contributed by atoms with Gasteiger partial charge in [0.05, 0.1) is 18.7 Å². The Morgan fingerprint density at radius 3 is 2.56 bits per heavy atom. The largest absolute Gasteiger partial charge is 0.394 e. The van der Waals surface area contributed by atoms with Gasteiger partial charge in [0.2, 0.25) is 5.91 Å². The number of aliphatic hydroxyl groups excluding tert-OH is 1. The molecule has 0 saturated heterocycles. The van der Waals surface area contributed by atoms with Gasteiger partial charge in [-0.2, -0.15) is 5.10 Å². The Kier molecular flexibility index (Phi) is 5.91. The first-order valence-corrected chi connectivity index (χ1v) is 8.36. The van der Waals surface area contributed by atoms with E-state index in [2.05, 4.69) is 25.8 Å². The van der Waals surface area contributed by atoms with Crippen LogP contribution in [-0.2, 0) is 16.0 Å². The molecule has 0 spiro atoms.